The molecule has 2 aromatic heterocycles. The lowest BCUT2D eigenvalue weighted by atomic mass is 10.3. The van der Waals surface area contributed by atoms with Gasteiger partial charge in [-0.1, -0.05) is 0 Å². The van der Waals surface area contributed by atoms with Gasteiger partial charge in [-0.3, -0.25) is 0 Å². The molecule has 98 valence electrons. The first kappa shape index (κ1) is 12.9. The van der Waals surface area contributed by atoms with Gasteiger partial charge in [0.15, 0.2) is 0 Å². The number of rotatable bonds is 5. The summed E-state index contributed by atoms with van der Waals surface area (Å²) in [5, 5.41) is 0. The summed E-state index contributed by atoms with van der Waals surface area (Å²) in [6, 6.07) is 0. The standard InChI is InChI=1S/C14H24N4/c1-13-15(3)9-11-17(13)7-5-6-8-18-12-10-16(4)14(18)2/h9-12H,5-8H2,1-4H3/q+2. The Labute approximate surface area is 109 Å². The maximum absolute atomic E-state index is 2.32. The van der Waals surface area contributed by atoms with E-state index in [1.165, 1.54) is 24.5 Å². The average molecular weight is 248 g/mol. The Morgan fingerprint density at radius 2 is 1.22 bits per heavy atom. The Bertz CT molecular complexity index is 474. The van der Waals surface area contributed by atoms with Crippen molar-refractivity contribution in [2.24, 2.45) is 14.1 Å². The second-order valence-electron chi connectivity index (χ2n) is 5.01. The van der Waals surface area contributed by atoms with Gasteiger partial charge in [-0.2, -0.15) is 0 Å². The molecule has 2 rings (SSSR count). The molecule has 2 aromatic rings. The van der Waals surface area contributed by atoms with E-state index in [2.05, 4.69) is 71.0 Å². The SMILES string of the molecule is Cc1n(CCCCn2cc[n+](C)c2C)cc[n+]1C. The van der Waals surface area contributed by atoms with Crippen LogP contribution in [0.4, 0.5) is 0 Å². The molecule has 0 atom stereocenters. The van der Waals surface area contributed by atoms with Crippen LogP contribution in [0.1, 0.15) is 24.5 Å². The van der Waals surface area contributed by atoms with Gasteiger partial charge in [-0.15, -0.1) is 0 Å². The Kier molecular flexibility index (Phi) is 3.84. The first-order chi connectivity index (χ1) is 8.59. The third-order valence-corrected chi connectivity index (χ3v) is 3.84. The molecular weight excluding hydrogens is 224 g/mol. The van der Waals surface area contributed by atoms with Crippen molar-refractivity contribution < 1.29 is 9.13 Å². The zero-order valence-corrected chi connectivity index (χ0v) is 11.9. The van der Waals surface area contributed by atoms with Gasteiger partial charge in [0.25, 0.3) is 11.6 Å². The molecule has 18 heavy (non-hydrogen) atoms. The van der Waals surface area contributed by atoms with Gasteiger partial charge in [0, 0.05) is 13.8 Å². The summed E-state index contributed by atoms with van der Waals surface area (Å²) in [6.07, 6.45) is 11.0. The molecule has 0 amide bonds. The second-order valence-corrected chi connectivity index (χ2v) is 5.01. The van der Waals surface area contributed by atoms with Crippen molar-refractivity contribution in [1.82, 2.24) is 9.13 Å². The van der Waals surface area contributed by atoms with Crippen LogP contribution >= 0.6 is 0 Å². The molecule has 0 fully saturated rings. The summed E-state index contributed by atoms with van der Waals surface area (Å²) in [7, 11) is 4.18. The predicted molar refractivity (Wildman–Crippen MR) is 69.9 cm³/mol. The number of imidazole rings is 2. The molecule has 4 heteroatoms. The zero-order valence-electron chi connectivity index (χ0n) is 11.9. The van der Waals surface area contributed by atoms with Crippen LogP contribution in [-0.4, -0.2) is 9.13 Å². The minimum atomic E-state index is 1.11. The van der Waals surface area contributed by atoms with E-state index in [1.54, 1.807) is 0 Å². The number of aromatic nitrogens is 4. The maximum Gasteiger partial charge on any atom is 0.253 e. The maximum atomic E-state index is 2.32. The Morgan fingerprint density at radius 1 is 0.833 bits per heavy atom. The Balaban J connectivity index is 1.80. The van der Waals surface area contributed by atoms with Crippen LogP contribution < -0.4 is 9.13 Å². The van der Waals surface area contributed by atoms with Crippen molar-refractivity contribution in [2.45, 2.75) is 39.8 Å². The van der Waals surface area contributed by atoms with Gasteiger partial charge >= 0.3 is 0 Å². The molecule has 0 aliphatic carbocycles. The van der Waals surface area contributed by atoms with Crippen LogP contribution in [0.25, 0.3) is 0 Å². The highest BCUT2D eigenvalue weighted by molar-refractivity contribution is 4.80. The number of hydrogen-bond donors (Lipinski definition) is 0. The monoisotopic (exact) mass is 248 g/mol. The summed E-state index contributed by atoms with van der Waals surface area (Å²) < 4.78 is 8.97. The lowest BCUT2D eigenvalue weighted by Gasteiger charge is -2.00. The molecule has 0 bridgehead atoms. The van der Waals surface area contributed by atoms with Gasteiger partial charge in [0.2, 0.25) is 0 Å². The highest BCUT2D eigenvalue weighted by Gasteiger charge is 2.10. The van der Waals surface area contributed by atoms with Crippen LogP contribution in [0.5, 0.6) is 0 Å². The molecule has 0 N–H and O–H groups in total. The molecule has 2 heterocycles. The molecule has 0 aliphatic rings. The van der Waals surface area contributed by atoms with Crippen molar-refractivity contribution in [3.8, 4) is 0 Å². The van der Waals surface area contributed by atoms with E-state index in [4.69, 9.17) is 0 Å². The van der Waals surface area contributed by atoms with E-state index >= 15 is 0 Å². The Morgan fingerprint density at radius 3 is 1.50 bits per heavy atom. The molecule has 0 aliphatic heterocycles. The summed E-state index contributed by atoms with van der Waals surface area (Å²) in [5.41, 5.74) is 0. The van der Waals surface area contributed by atoms with E-state index in [0.717, 1.165) is 13.1 Å². The summed E-state index contributed by atoms with van der Waals surface area (Å²) in [4.78, 5) is 0. The summed E-state index contributed by atoms with van der Waals surface area (Å²) in [5.74, 6) is 2.64. The molecule has 4 nitrogen and oxygen atoms in total. The third-order valence-electron chi connectivity index (χ3n) is 3.84. The highest BCUT2D eigenvalue weighted by atomic mass is 15.1. The number of hydrogen-bond acceptors (Lipinski definition) is 0. The van der Waals surface area contributed by atoms with Crippen molar-refractivity contribution in [1.29, 1.82) is 0 Å². The fraction of sp³-hybridized carbons (Fsp3) is 0.571. The topological polar surface area (TPSA) is 17.6 Å². The molecule has 0 radical (unpaired) electrons. The first-order valence-electron chi connectivity index (χ1n) is 6.62. The van der Waals surface area contributed by atoms with Crippen LogP contribution in [-0.2, 0) is 27.2 Å². The lowest BCUT2D eigenvalue weighted by molar-refractivity contribution is -0.677. The second kappa shape index (κ2) is 5.38. The van der Waals surface area contributed by atoms with Crippen LogP contribution in [0.2, 0.25) is 0 Å². The van der Waals surface area contributed by atoms with E-state index in [9.17, 15) is 0 Å². The van der Waals surface area contributed by atoms with E-state index in [1.807, 2.05) is 0 Å². The fourth-order valence-electron chi connectivity index (χ4n) is 2.23. The quantitative estimate of drug-likeness (QED) is 0.556. The third kappa shape index (κ3) is 2.63. The van der Waals surface area contributed by atoms with E-state index in [-0.39, 0.29) is 0 Å². The molecule has 0 saturated heterocycles. The normalized spacial score (nSPS) is 11.1. The van der Waals surface area contributed by atoms with E-state index < -0.39 is 0 Å². The van der Waals surface area contributed by atoms with Crippen molar-refractivity contribution in [3.05, 3.63) is 36.4 Å². The minimum absolute atomic E-state index is 1.11. The lowest BCUT2D eigenvalue weighted by Crippen LogP contribution is -2.30. The summed E-state index contributed by atoms with van der Waals surface area (Å²) in [6.45, 7) is 6.55. The van der Waals surface area contributed by atoms with Crippen LogP contribution in [0, 0.1) is 13.8 Å². The molecule has 0 spiro atoms. The van der Waals surface area contributed by atoms with E-state index in [0.29, 0.717) is 0 Å². The van der Waals surface area contributed by atoms with Crippen LogP contribution in [0.3, 0.4) is 0 Å². The molecule has 0 saturated carbocycles. The van der Waals surface area contributed by atoms with Gasteiger partial charge in [0.1, 0.15) is 24.8 Å². The zero-order chi connectivity index (χ0) is 13.1. The molecule has 0 unspecified atom stereocenters. The number of unbranched alkanes of at least 4 members (excludes halogenated alkanes) is 1. The molecular formula is C14H24N4+2. The van der Waals surface area contributed by atoms with Crippen molar-refractivity contribution in [3.63, 3.8) is 0 Å². The predicted octanol–water partition coefficient (Wildman–Crippen LogP) is 1.04. The van der Waals surface area contributed by atoms with Crippen LogP contribution in [0.15, 0.2) is 24.8 Å². The number of nitrogens with zero attached hydrogens (tertiary/aromatic N) is 4. The van der Waals surface area contributed by atoms with Gasteiger partial charge in [-0.05, 0) is 12.8 Å². The fourth-order valence-corrected chi connectivity index (χ4v) is 2.23. The highest BCUT2D eigenvalue weighted by Crippen LogP contribution is 2.02. The van der Waals surface area contributed by atoms with Gasteiger partial charge in [-0.25, -0.2) is 18.3 Å². The number of aryl methyl sites for hydroxylation is 4. The summed E-state index contributed by atoms with van der Waals surface area (Å²) >= 11 is 0. The smallest absolute Gasteiger partial charge is 0.237 e. The minimum Gasteiger partial charge on any atom is -0.237 e. The first-order valence-corrected chi connectivity index (χ1v) is 6.62. The Hall–Kier alpha value is -1.58. The van der Waals surface area contributed by atoms with Crippen molar-refractivity contribution in [2.75, 3.05) is 0 Å². The molecule has 0 aromatic carbocycles. The largest absolute Gasteiger partial charge is 0.253 e. The van der Waals surface area contributed by atoms with Gasteiger partial charge < -0.3 is 0 Å². The average Bonchev–Trinajstić information content (AvgIpc) is 2.83. The van der Waals surface area contributed by atoms with Crippen molar-refractivity contribution >= 4 is 0 Å². The van der Waals surface area contributed by atoms with Gasteiger partial charge in [0.05, 0.1) is 27.2 Å².